The Kier molecular flexibility index (Phi) is 4.20. The van der Waals surface area contributed by atoms with Gasteiger partial charge >= 0.3 is 0 Å². The summed E-state index contributed by atoms with van der Waals surface area (Å²) in [5, 5.41) is 7.82. The van der Waals surface area contributed by atoms with Crippen molar-refractivity contribution in [2.24, 2.45) is 0 Å². The molecule has 0 bridgehead atoms. The first-order valence-corrected chi connectivity index (χ1v) is 6.42. The lowest BCUT2D eigenvalue weighted by Crippen LogP contribution is -2.16. The highest BCUT2D eigenvalue weighted by Crippen LogP contribution is 2.05. The molecule has 0 unspecified atom stereocenters. The fourth-order valence-electron chi connectivity index (χ4n) is 2.05. The van der Waals surface area contributed by atoms with Crippen LogP contribution >= 0.6 is 0 Å². The minimum Gasteiger partial charge on any atom is -0.465 e. The average molecular weight is 247 g/mol. The minimum atomic E-state index is 0.797. The summed E-state index contributed by atoms with van der Waals surface area (Å²) in [4.78, 5) is 0. The molecule has 2 rings (SSSR count). The maximum absolute atomic E-state index is 5.49. The predicted molar refractivity (Wildman–Crippen MR) is 71.5 cm³/mol. The second kappa shape index (κ2) is 5.87. The van der Waals surface area contributed by atoms with Crippen molar-refractivity contribution >= 4 is 0 Å². The van der Waals surface area contributed by atoms with E-state index in [0.717, 1.165) is 43.3 Å². The van der Waals surface area contributed by atoms with Gasteiger partial charge in [-0.2, -0.15) is 5.10 Å². The molecule has 18 heavy (non-hydrogen) atoms. The van der Waals surface area contributed by atoms with Crippen LogP contribution < -0.4 is 5.32 Å². The number of hydrogen-bond donors (Lipinski definition) is 1. The molecule has 0 fully saturated rings. The van der Waals surface area contributed by atoms with Gasteiger partial charge in [0.15, 0.2) is 0 Å². The van der Waals surface area contributed by atoms with Gasteiger partial charge in [-0.25, -0.2) is 0 Å². The van der Waals surface area contributed by atoms with Crippen LogP contribution in [0.3, 0.4) is 0 Å². The molecule has 2 aromatic rings. The van der Waals surface area contributed by atoms with Crippen molar-refractivity contribution in [3.05, 3.63) is 41.1 Å². The zero-order chi connectivity index (χ0) is 13.0. The van der Waals surface area contributed by atoms with E-state index in [2.05, 4.69) is 28.1 Å². The molecule has 98 valence electrons. The Balaban J connectivity index is 1.66. The molecule has 1 N–H and O–H groups in total. The van der Waals surface area contributed by atoms with Crippen LogP contribution in [0.5, 0.6) is 0 Å². The molecule has 4 heteroatoms. The SMILES string of the molecule is Cc1cc(C)n(CCCNCc2ccc(C)o2)n1. The number of nitrogens with one attached hydrogen (secondary N) is 1. The van der Waals surface area contributed by atoms with Gasteiger partial charge in [0.25, 0.3) is 0 Å². The van der Waals surface area contributed by atoms with Crippen molar-refractivity contribution in [3.63, 3.8) is 0 Å². The van der Waals surface area contributed by atoms with Crippen LogP contribution in [0.1, 0.15) is 29.3 Å². The van der Waals surface area contributed by atoms with Gasteiger partial charge in [-0.15, -0.1) is 0 Å². The second-order valence-electron chi connectivity index (χ2n) is 4.69. The number of nitrogens with zero attached hydrogens (tertiary/aromatic N) is 2. The van der Waals surface area contributed by atoms with Crippen LogP contribution in [0.25, 0.3) is 0 Å². The van der Waals surface area contributed by atoms with Gasteiger partial charge in [0.1, 0.15) is 11.5 Å². The predicted octanol–water partition coefficient (Wildman–Crippen LogP) is 2.58. The molecule has 0 atom stereocenters. The number of aromatic nitrogens is 2. The zero-order valence-electron chi connectivity index (χ0n) is 11.4. The molecule has 2 aromatic heterocycles. The van der Waals surface area contributed by atoms with Gasteiger partial charge in [-0.3, -0.25) is 4.68 Å². The molecule has 0 aliphatic rings. The molecule has 0 aliphatic carbocycles. The average Bonchev–Trinajstić information content (AvgIpc) is 2.85. The van der Waals surface area contributed by atoms with Gasteiger partial charge in [-0.05, 0) is 51.9 Å². The number of rotatable bonds is 6. The highest BCUT2D eigenvalue weighted by Gasteiger charge is 2.00. The molecule has 0 amide bonds. The van der Waals surface area contributed by atoms with Crippen LogP contribution in [0.2, 0.25) is 0 Å². The van der Waals surface area contributed by atoms with E-state index >= 15 is 0 Å². The summed E-state index contributed by atoms with van der Waals surface area (Å²) in [6, 6.07) is 6.12. The topological polar surface area (TPSA) is 43.0 Å². The summed E-state index contributed by atoms with van der Waals surface area (Å²) in [6.07, 6.45) is 1.07. The van der Waals surface area contributed by atoms with Crippen molar-refractivity contribution in [1.82, 2.24) is 15.1 Å². The third-order valence-electron chi connectivity index (χ3n) is 2.92. The first-order chi connectivity index (χ1) is 8.65. The van der Waals surface area contributed by atoms with Crippen LogP contribution in [0.15, 0.2) is 22.6 Å². The second-order valence-corrected chi connectivity index (χ2v) is 4.69. The summed E-state index contributed by atoms with van der Waals surface area (Å²) in [7, 11) is 0. The van der Waals surface area contributed by atoms with Crippen LogP contribution in [0, 0.1) is 20.8 Å². The molecule has 0 saturated carbocycles. The standard InChI is InChI=1S/C14H21N3O/c1-11-9-12(2)17(16-11)8-4-7-15-10-14-6-5-13(3)18-14/h5-6,9,15H,4,7-8,10H2,1-3H3. The van der Waals surface area contributed by atoms with E-state index in [0.29, 0.717) is 0 Å². The van der Waals surface area contributed by atoms with E-state index in [9.17, 15) is 0 Å². The maximum atomic E-state index is 5.49. The monoisotopic (exact) mass is 247 g/mol. The highest BCUT2D eigenvalue weighted by molar-refractivity contribution is 5.06. The van der Waals surface area contributed by atoms with Gasteiger partial charge in [0.05, 0.1) is 12.2 Å². The fourth-order valence-corrected chi connectivity index (χ4v) is 2.05. The third-order valence-corrected chi connectivity index (χ3v) is 2.92. The number of hydrogen-bond acceptors (Lipinski definition) is 3. The zero-order valence-corrected chi connectivity index (χ0v) is 11.4. The fraction of sp³-hybridized carbons (Fsp3) is 0.500. The number of aryl methyl sites for hydroxylation is 4. The third kappa shape index (κ3) is 3.47. The van der Waals surface area contributed by atoms with E-state index in [1.165, 1.54) is 5.69 Å². The largest absolute Gasteiger partial charge is 0.465 e. The van der Waals surface area contributed by atoms with E-state index in [4.69, 9.17) is 4.42 Å². The summed E-state index contributed by atoms with van der Waals surface area (Å²) >= 11 is 0. The molecule has 2 heterocycles. The Labute approximate surface area is 108 Å². The molecule has 0 aromatic carbocycles. The summed E-state index contributed by atoms with van der Waals surface area (Å²) in [6.45, 7) is 8.82. The van der Waals surface area contributed by atoms with Gasteiger partial charge < -0.3 is 9.73 Å². The Morgan fingerprint density at radius 1 is 1.28 bits per heavy atom. The molecule has 0 saturated heterocycles. The van der Waals surface area contributed by atoms with E-state index < -0.39 is 0 Å². The van der Waals surface area contributed by atoms with Crippen molar-refractivity contribution in [2.45, 2.75) is 40.3 Å². The van der Waals surface area contributed by atoms with E-state index in [-0.39, 0.29) is 0 Å². The first kappa shape index (κ1) is 12.9. The van der Waals surface area contributed by atoms with Crippen molar-refractivity contribution in [2.75, 3.05) is 6.54 Å². The molecule has 0 spiro atoms. The van der Waals surface area contributed by atoms with Crippen molar-refractivity contribution in [3.8, 4) is 0 Å². The normalized spacial score (nSPS) is 11.1. The summed E-state index contributed by atoms with van der Waals surface area (Å²) in [5.41, 5.74) is 2.32. The van der Waals surface area contributed by atoms with Gasteiger partial charge in [-0.1, -0.05) is 0 Å². The number of furan rings is 1. The van der Waals surface area contributed by atoms with E-state index in [1.807, 2.05) is 26.0 Å². The lowest BCUT2D eigenvalue weighted by atomic mass is 10.3. The smallest absolute Gasteiger partial charge is 0.117 e. The molecule has 0 aliphatic heterocycles. The Bertz CT molecular complexity index is 499. The quantitative estimate of drug-likeness (QED) is 0.798. The minimum absolute atomic E-state index is 0.797. The van der Waals surface area contributed by atoms with Crippen LogP contribution in [-0.4, -0.2) is 16.3 Å². The molecule has 4 nitrogen and oxygen atoms in total. The van der Waals surface area contributed by atoms with Crippen molar-refractivity contribution < 1.29 is 4.42 Å². The Morgan fingerprint density at radius 2 is 2.11 bits per heavy atom. The molecular weight excluding hydrogens is 226 g/mol. The first-order valence-electron chi connectivity index (χ1n) is 6.42. The van der Waals surface area contributed by atoms with Crippen molar-refractivity contribution in [1.29, 1.82) is 0 Å². The van der Waals surface area contributed by atoms with Gasteiger partial charge in [0.2, 0.25) is 0 Å². The van der Waals surface area contributed by atoms with Gasteiger partial charge in [0, 0.05) is 12.2 Å². The molecular formula is C14H21N3O. The lowest BCUT2D eigenvalue weighted by molar-refractivity contribution is 0.453. The van der Waals surface area contributed by atoms with E-state index in [1.54, 1.807) is 0 Å². The highest BCUT2D eigenvalue weighted by atomic mass is 16.3. The Hall–Kier alpha value is -1.55. The molecule has 0 radical (unpaired) electrons. The Morgan fingerprint density at radius 3 is 2.72 bits per heavy atom. The lowest BCUT2D eigenvalue weighted by Gasteiger charge is -2.05. The van der Waals surface area contributed by atoms with Crippen LogP contribution in [0.4, 0.5) is 0 Å². The van der Waals surface area contributed by atoms with Crippen LogP contribution in [-0.2, 0) is 13.1 Å². The summed E-state index contributed by atoms with van der Waals surface area (Å²) < 4.78 is 7.55. The summed E-state index contributed by atoms with van der Waals surface area (Å²) in [5.74, 6) is 1.97. The maximum Gasteiger partial charge on any atom is 0.117 e.